The van der Waals surface area contributed by atoms with Crippen LogP contribution in [0.3, 0.4) is 0 Å². The van der Waals surface area contributed by atoms with E-state index in [1.807, 2.05) is 0 Å². The first kappa shape index (κ1) is 11.9. The van der Waals surface area contributed by atoms with E-state index in [1.54, 1.807) is 0 Å². The average molecular weight is 240 g/mol. The number of hydrogen-bond donors (Lipinski definition) is 2. The molecule has 5 heteroatoms. The summed E-state index contributed by atoms with van der Waals surface area (Å²) >= 11 is 0. The maximum absolute atomic E-state index is 10.2. The Labute approximate surface area is 82.1 Å². The van der Waals surface area contributed by atoms with Crippen LogP contribution >= 0.6 is 17.0 Å². The van der Waals surface area contributed by atoms with Gasteiger partial charge in [-0.05, 0) is 6.42 Å². The number of rotatable bonds is 3. The molecule has 2 N–H and O–H groups in total. The van der Waals surface area contributed by atoms with Gasteiger partial charge in [0.25, 0.3) is 0 Å². The Bertz CT molecular complexity index is 137. The van der Waals surface area contributed by atoms with Gasteiger partial charge in [0.2, 0.25) is 0 Å². The number of carbonyl (C=O) groups is 1. The average Bonchev–Trinajstić information content (AvgIpc) is 2.03. The maximum atomic E-state index is 10.2. The topological polar surface area (TPSA) is 58.6 Å². The maximum Gasteiger partial charge on any atom is 0.303 e. The van der Waals surface area contributed by atoms with Gasteiger partial charge in [0.15, 0.2) is 0 Å². The van der Waals surface area contributed by atoms with Gasteiger partial charge in [-0.25, -0.2) is 0 Å². The van der Waals surface area contributed by atoms with E-state index in [9.17, 15) is 4.79 Å². The number of ether oxygens (including phenoxy) is 1. The van der Waals surface area contributed by atoms with Crippen molar-refractivity contribution >= 4 is 23.0 Å². The summed E-state index contributed by atoms with van der Waals surface area (Å²) in [5, 5.41) is 11.6. The summed E-state index contributed by atoms with van der Waals surface area (Å²) in [5.41, 5.74) is 0. The molecule has 1 fully saturated rings. The normalized spacial score (nSPS) is 22.8. The molecule has 0 spiro atoms. The summed E-state index contributed by atoms with van der Waals surface area (Å²) in [4.78, 5) is 10.2. The van der Waals surface area contributed by atoms with Gasteiger partial charge in [-0.1, -0.05) is 0 Å². The second-order valence-corrected chi connectivity index (χ2v) is 2.66. The third-order valence-corrected chi connectivity index (χ3v) is 1.71. The lowest BCUT2D eigenvalue weighted by atomic mass is 10.1. The minimum Gasteiger partial charge on any atom is -0.481 e. The van der Waals surface area contributed by atoms with E-state index in [0.717, 1.165) is 13.2 Å². The Hall–Kier alpha value is -0.130. The molecule has 1 aliphatic rings. The molecule has 0 amide bonds. The van der Waals surface area contributed by atoms with Gasteiger partial charge in [-0.3, -0.25) is 4.79 Å². The van der Waals surface area contributed by atoms with Crippen molar-refractivity contribution in [2.24, 2.45) is 0 Å². The van der Waals surface area contributed by atoms with Crippen LogP contribution < -0.4 is 5.32 Å². The van der Waals surface area contributed by atoms with Crippen LogP contribution in [0.1, 0.15) is 12.8 Å². The van der Waals surface area contributed by atoms with Gasteiger partial charge in [0, 0.05) is 19.0 Å². The fourth-order valence-electron chi connectivity index (χ4n) is 1.10. The van der Waals surface area contributed by atoms with E-state index in [1.165, 1.54) is 0 Å². The Balaban J connectivity index is 0.00000121. The summed E-state index contributed by atoms with van der Waals surface area (Å²) in [6, 6.07) is 0.236. The van der Waals surface area contributed by atoms with Gasteiger partial charge < -0.3 is 15.2 Å². The molecule has 0 aromatic heterocycles. The molecular formula is C7H14BrNO3. The van der Waals surface area contributed by atoms with Crippen LogP contribution in [0.15, 0.2) is 0 Å². The van der Waals surface area contributed by atoms with Crippen LogP contribution in [0.2, 0.25) is 0 Å². The van der Waals surface area contributed by atoms with E-state index in [-0.39, 0.29) is 29.4 Å². The van der Waals surface area contributed by atoms with E-state index in [4.69, 9.17) is 9.84 Å². The summed E-state index contributed by atoms with van der Waals surface area (Å²) in [7, 11) is 0. The van der Waals surface area contributed by atoms with Crippen LogP contribution in [-0.2, 0) is 9.53 Å². The molecule has 1 rings (SSSR count). The quantitative estimate of drug-likeness (QED) is 0.750. The third kappa shape index (κ3) is 4.69. The Morgan fingerprint density at radius 1 is 1.67 bits per heavy atom. The molecule has 1 aliphatic heterocycles. The van der Waals surface area contributed by atoms with Gasteiger partial charge >= 0.3 is 5.97 Å². The van der Waals surface area contributed by atoms with Crippen molar-refractivity contribution in [3.05, 3.63) is 0 Å². The molecule has 0 aromatic rings. The van der Waals surface area contributed by atoms with Crippen LogP contribution in [0.5, 0.6) is 0 Å². The second-order valence-electron chi connectivity index (χ2n) is 2.66. The highest BCUT2D eigenvalue weighted by Crippen LogP contribution is 2.01. The smallest absolute Gasteiger partial charge is 0.303 e. The number of morpholine rings is 1. The predicted molar refractivity (Wildman–Crippen MR) is 49.8 cm³/mol. The molecule has 0 aromatic carbocycles. The molecule has 1 unspecified atom stereocenters. The first-order valence-electron chi connectivity index (χ1n) is 3.82. The van der Waals surface area contributed by atoms with Crippen molar-refractivity contribution in [3.8, 4) is 0 Å². The number of carboxylic acid groups (broad SMARTS) is 1. The number of aliphatic carboxylic acids is 1. The van der Waals surface area contributed by atoms with Crippen molar-refractivity contribution in [3.63, 3.8) is 0 Å². The van der Waals surface area contributed by atoms with Crippen LogP contribution in [-0.4, -0.2) is 36.9 Å². The summed E-state index contributed by atoms with van der Waals surface area (Å²) in [6.45, 7) is 2.22. The predicted octanol–water partition coefficient (Wildman–Crippen LogP) is 0.418. The van der Waals surface area contributed by atoms with Crippen molar-refractivity contribution in [2.75, 3.05) is 19.8 Å². The van der Waals surface area contributed by atoms with E-state index >= 15 is 0 Å². The van der Waals surface area contributed by atoms with Crippen molar-refractivity contribution < 1.29 is 14.6 Å². The Morgan fingerprint density at radius 2 is 2.42 bits per heavy atom. The zero-order chi connectivity index (χ0) is 8.10. The van der Waals surface area contributed by atoms with E-state index in [0.29, 0.717) is 13.0 Å². The van der Waals surface area contributed by atoms with Crippen molar-refractivity contribution in [2.45, 2.75) is 18.9 Å². The highest BCUT2D eigenvalue weighted by molar-refractivity contribution is 8.93. The lowest BCUT2D eigenvalue weighted by Gasteiger charge is -2.22. The van der Waals surface area contributed by atoms with Crippen LogP contribution in [0.4, 0.5) is 0 Å². The summed E-state index contributed by atoms with van der Waals surface area (Å²) in [6.07, 6.45) is 0.885. The zero-order valence-electron chi connectivity index (χ0n) is 6.78. The minimum atomic E-state index is -0.739. The molecule has 0 saturated carbocycles. The monoisotopic (exact) mass is 239 g/mol. The zero-order valence-corrected chi connectivity index (χ0v) is 8.50. The number of halogens is 1. The molecule has 72 valence electrons. The second kappa shape index (κ2) is 6.39. The largest absolute Gasteiger partial charge is 0.481 e. The number of carboxylic acids is 1. The fourth-order valence-corrected chi connectivity index (χ4v) is 1.10. The lowest BCUT2D eigenvalue weighted by Crippen LogP contribution is -2.41. The molecule has 1 atom stereocenters. The summed E-state index contributed by atoms with van der Waals surface area (Å²) < 4.78 is 5.16. The van der Waals surface area contributed by atoms with Crippen molar-refractivity contribution in [1.82, 2.24) is 5.32 Å². The van der Waals surface area contributed by atoms with Gasteiger partial charge in [0.05, 0.1) is 13.2 Å². The standard InChI is InChI=1S/C7H13NO3.BrH/c9-7(10)2-1-6-5-11-4-3-8-6;/h6,8H,1-5H2,(H,9,10);1H. The SMILES string of the molecule is Br.O=C(O)CCC1COCCN1. The van der Waals surface area contributed by atoms with E-state index < -0.39 is 5.97 Å². The molecule has 4 nitrogen and oxygen atoms in total. The number of nitrogens with one attached hydrogen (secondary N) is 1. The Morgan fingerprint density at radius 3 is 2.92 bits per heavy atom. The molecule has 1 saturated heterocycles. The molecule has 1 heterocycles. The third-order valence-electron chi connectivity index (χ3n) is 1.71. The molecule has 0 aliphatic carbocycles. The highest BCUT2D eigenvalue weighted by Gasteiger charge is 2.13. The van der Waals surface area contributed by atoms with Gasteiger partial charge in [-0.2, -0.15) is 0 Å². The first-order valence-corrected chi connectivity index (χ1v) is 3.82. The minimum absolute atomic E-state index is 0. The summed E-state index contributed by atoms with van der Waals surface area (Å²) in [5.74, 6) is -0.739. The van der Waals surface area contributed by atoms with E-state index in [2.05, 4.69) is 5.32 Å². The van der Waals surface area contributed by atoms with Crippen LogP contribution in [0, 0.1) is 0 Å². The Kier molecular flexibility index (Phi) is 6.32. The molecular weight excluding hydrogens is 226 g/mol. The number of hydrogen-bond acceptors (Lipinski definition) is 3. The fraction of sp³-hybridized carbons (Fsp3) is 0.857. The lowest BCUT2D eigenvalue weighted by molar-refractivity contribution is -0.137. The molecule has 0 radical (unpaired) electrons. The van der Waals surface area contributed by atoms with Crippen molar-refractivity contribution in [1.29, 1.82) is 0 Å². The van der Waals surface area contributed by atoms with Gasteiger partial charge in [-0.15, -0.1) is 17.0 Å². The first-order chi connectivity index (χ1) is 5.29. The molecule has 12 heavy (non-hydrogen) atoms. The highest BCUT2D eigenvalue weighted by atomic mass is 79.9. The van der Waals surface area contributed by atoms with Gasteiger partial charge in [0.1, 0.15) is 0 Å². The van der Waals surface area contributed by atoms with Crippen LogP contribution in [0.25, 0.3) is 0 Å². The molecule has 0 bridgehead atoms.